The quantitative estimate of drug-likeness (QED) is 0.115. The van der Waals surface area contributed by atoms with E-state index in [9.17, 15) is 0 Å². The van der Waals surface area contributed by atoms with Crippen molar-refractivity contribution in [2.75, 3.05) is 11.4 Å². The summed E-state index contributed by atoms with van der Waals surface area (Å²) in [5.74, 6) is 2.11. The molecule has 1 radical (unpaired) electrons. The van der Waals surface area contributed by atoms with Crippen molar-refractivity contribution in [1.82, 2.24) is 4.90 Å². The van der Waals surface area contributed by atoms with Crippen LogP contribution in [0.4, 0.5) is 5.88 Å². The molecule has 0 aromatic carbocycles. The van der Waals surface area contributed by atoms with E-state index in [1.165, 1.54) is 58.2 Å². The number of anilines is 1. The highest BCUT2D eigenvalue weighted by Crippen LogP contribution is 2.51. The lowest BCUT2D eigenvalue weighted by atomic mass is 9.55. The Morgan fingerprint density at radius 1 is 0.871 bits per heavy atom. The predicted octanol–water partition coefficient (Wildman–Crippen LogP) is 16.5. The van der Waals surface area contributed by atoms with Crippen molar-refractivity contribution in [1.29, 1.82) is 0 Å². The summed E-state index contributed by atoms with van der Waals surface area (Å²) < 4.78 is 7.44. The van der Waals surface area contributed by atoms with Crippen molar-refractivity contribution in [2.45, 2.75) is 205 Å². The molecule has 3 nitrogen and oxygen atoms in total. The van der Waals surface area contributed by atoms with Gasteiger partial charge in [-0.1, -0.05) is 177 Å². The molecule has 1 atom stereocenters. The van der Waals surface area contributed by atoms with E-state index in [0.29, 0.717) is 6.54 Å². The maximum atomic E-state index is 7.44. The van der Waals surface area contributed by atoms with Gasteiger partial charge in [0.2, 0.25) is 7.28 Å². The molecule has 1 aromatic rings. The highest BCUT2D eigenvalue weighted by Gasteiger charge is 2.45. The predicted molar refractivity (Wildman–Crippen MR) is 275 cm³/mol. The molecule has 0 spiro atoms. The first kappa shape index (κ1) is 51.2. The van der Waals surface area contributed by atoms with E-state index in [4.69, 9.17) is 4.42 Å². The molecule has 0 amide bonds. The average molecular weight is 842 g/mol. The third-order valence-corrected chi connectivity index (χ3v) is 15.2. The average Bonchev–Trinajstić information content (AvgIpc) is 3.60. The lowest BCUT2D eigenvalue weighted by Crippen LogP contribution is -2.42. The highest BCUT2D eigenvalue weighted by atomic mass is 16.4. The standard InChI is InChI=1S/C58H90BN2O/c1-20-26-33-53(8,9)34-27-30-44(23-4)61-39-31-45(29-22-3)60(40-32-47-46(24-5)55(12,13)35-36-56(47,14)15)42(7)48(41-43(28-21-2)54(10,11)25-6)59-50-49-51(62-52(50)61)58(18,19)38-37-57(49,16)17/h22-24,27,29,31-32,34,40-41,44H,4-5,20-21,25-26,28,30,33,35-39H2,1-3,6-19H3/b29-22-,34-27+,40-32+,43-41+,45-31+,48-42-. The summed E-state index contributed by atoms with van der Waals surface area (Å²) in [5, 5.41) is 0. The number of unbranched alkanes of at least 4 members (excludes halogenated alkanes) is 1. The number of fused-ring (bicyclic) bond motifs is 3. The number of furan rings is 1. The SMILES string of the molecule is C=CC1=C(/C=C/N2C(/C=C\C)=C/CN(C(C=C)C/C=C/C(C)(C)CCCC)c3oc4c(c3[B]C(/C=C(\CCC)C(C)(C)CC)=C\2C)C(C)(C)CCC4(C)C)C(C)(C)CCC1(C)C. The van der Waals surface area contributed by atoms with Crippen molar-refractivity contribution in [3.05, 3.63) is 119 Å². The van der Waals surface area contributed by atoms with Gasteiger partial charge in [0.1, 0.15) is 5.76 Å². The van der Waals surface area contributed by atoms with Crippen LogP contribution in [-0.2, 0) is 10.8 Å². The van der Waals surface area contributed by atoms with Crippen molar-refractivity contribution >= 4 is 18.6 Å². The molecule has 0 bridgehead atoms. The van der Waals surface area contributed by atoms with Crippen LogP contribution < -0.4 is 10.4 Å². The van der Waals surface area contributed by atoms with E-state index < -0.39 is 0 Å². The normalized spacial score (nSPS) is 23.3. The summed E-state index contributed by atoms with van der Waals surface area (Å²) >= 11 is 0. The zero-order chi connectivity index (χ0) is 46.5. The van der Waals surface area contributed by atoms with Crippen LogP contribution in [0, 0.1) is 21.7 Å². The van der Waals surface area contributed by atoms with E-state index >= 15 is 0 Å². The summed E-state index contributed by atoms with van der Waals surface area (Å²) in [7, 11) is 2.52. The maximum absolute atomic E-state index is 7.44. The van der Waals surface area contributed by atoms with Gasteiger partial charge in [-0.3, -0.25) is 0 Å². The Kier molecular flexibility index (Phi) is 16.7. The molecule has 2 aliphatic carbocycles. The fraction of sp³-hybridized carbons (Fsp3) is 0.621. The van der Waals surface area contributed by atoms with Crippen LogP contribution in [0.1, 0.15) is 200 Å². The minimum Gasteiger partial charge on any atom is -0.445 e. The Morgan fingerprint density at radius 2 is 1.50 bits per heavy atom. The first-order chi connectivity index (χ1) is 28.9. The van der Waals surface area contributed by atoms with Gasteiger partial charge in [0.25, 0.3) is 0 Å². The second-order valence-corrected chi connectivity index (χ2v) is 22.9. The van der Waals surface area contributed by atoms with E-state index in [-0.39, 0.29) is 38.5 Å². The molecule has 0 saturated heterocycles. The zero-order valence-corrected chi connectivity index (χ0v) is 43.1. The zero-order valence-electron chi connectivity index (χ0n) is 43.1. The minimum atomic E-state index is -0.0887. The summed E-state index contributed by atoms with van der Waals surface area (Å²) in [6.07, 6.45) is 35.6. The smallest absolute Gasteiger partial charge is 0.201 e. The number of allylic oxidation sites excluding steroid dienone is 11. The third-order valence-electron chi connectivity index (χ3n) is 15.2. The topological polar surface area (TPSA) is 19.6 Å². The second-order valence-electron chi connectivity index (χ2n) is 22.9. The lowest BCUT2D eigenvalue weighted by molar-refractivity contribution is 0.273. The molecular formula is C58H90BN2O. The molecule has 1 aromatic heterocycles. The van der Waals surface area contributed by atoms with E-state index in [1.54, 1.807) is 0 Å². The lowest BCUT2D eigenvalue weighted by Gasteiger charge is -2.42. The van der Waals surface area contributed by atoms with Crippen LogP contribution >= 0.6 is 0 Å². The molecule has 341 valence electrons. The molecule has 3 aliphatic rings. The summed E-state index contributed by atoms with van der Waals surface area (Å²) in [4.78, 5) is 4.99. The molecule has 0 fully saturated rings. The summed E-state index contributed by atoms with van der Waals surface area (Å²) in [5.41, 5.74) is 10.5. The first-order valence-electron chi connectivity index (χ1n) is 24.6. The Hall–Kier alpha value is -3.40. The molecular weight excluding hydrogens is 751 g/mol. The number of rotatable bonds is 17. The van der Waals surface area contributed by atoms with Crippen molar-refractivity contribution in [3.63, 3.8) is 0 Å². The molecule has 0 saturated carbocycles. The van der Waals surface area contributed by atoms with Gasteiger partial charge in [0, 0.05) is 29.6 Å². The van der Waals surface area contributed by atoms with Crippen molar-refractivity contribution in [2.24, 2.45) is 21.7 Å². The van der Waals surface area contributed by atoms with Crippen LogP contribution in [0.5, 0.6) is 0 Å². The van der Waals surface area contributed by atoms with E-state index in [1.807, 2.05) is 0 Å². The Balaban J connectivity index is 2.16. The van der Waals surface area contributed by atoms with E-state index in [2.05, 4.69) is 209 Å². The van der Waals surface area contributed by atoms with Crippen LogP contribution in [0.15, 0.2) is 112 Å². The molecule has 1 aliphatic heterocycles. The highest BCUT2D eigenvalue weighted by molar-refractivity contribution is 6.64. The van der Waals surface area contributed by atoms with Crippen molar-refractivity contribution in [3.8, 4) is 0 Å². The number of hydrogen-bond donors (Lipinski definition) is 0. The molecule has 2 heterocycles. The van der Waals surface area contributed by atoms with Gasteiger partial charge >= 0.3 is 0 Å². The fourth-order valence-corrected chi connectivity index (χ4v) is 10.1. The summed E-state index contributed by atoms with van der Waals surface area (Å²) in [6, 6.07) is 0.0232. The maximum Gasteiger partial charge on any atom is 0.201 e. The Bertz CT molecular complexity index is 1970. The monoisotopic (exact) mass is 842 g/mol. The molecule has 62 heavy (non-hydrogen) atoms. The van der Waals surface area contributed by atoms with Gasteiger partial charge < -0.3 is 14.2 Å². The third kappa shape index (κ3) is 11.5. The Labute approximate surface area is 383 Å². The second kappa shape index (κ2) is 20.2. The van der Waals surface area contributed by atoms with Gasteiger partial charge in [-0.05, 0) is 133 Å². The van der Waals surface area contributed by atoms with E-state index in [0.717, 1.165) is 68.7 Å². The minimum absolute atomic E-state index is 0.0232. The van der Waals surface area contributed by atoms with Gasteiger partial charge in [-0.2, -0.15) is 0 Å². The first-order valence-corrected chi connectivity index (χ1v) is 24.6. The van der Waals surface area contributed by atoms with Crippen LogP contribution in [0.2, 0.25) is 0 Å². The van der Waals surface area contributed by atoms with Gasteiger partial charge in [-0.15, -0.1) is 6.58 Å². The van der Waals surface area contributed by atoms with Gasteiger partial charge in [0.15, 0.2) is 5.88 Å². The molecule has 1 unspecified atom stereocenters. The van der Waals surface area contributed by atoms with Gasteiger partial charge in [0.05, 0.1) is 6.04 Å². The van der Waals surface area contributed by atoms with Crippen LogP contribution in [-0.4, -0.2) is 24.8 Å². The summed E-state index contributed by atoms with van der Waals surface area (Å²) in [6.45, 7) is 49.8. The fourth-order valence-electron chi connectivity index (χ4n) is 10.1. The van der Waals surface area contributed by atoms with Gasteiger partial charge in [-0.25, -0.2) is 0 Å². The molecule has 0 N–H and O–H groups in total. The molecule has 4 heteroatoms. The Morgan fingerprint density at radius 3 is 2.08 bits per heavy atom. The molecule has 4 rings (SSSR count). The number of nitrogens with zero attached hydrogens (tertiary/aromatic N) is 2. The largest absolute Gasteiger partial charge is 0.445 e. The van der Waals surface area contributed by atoms with Crippen molar-refractivity contribution < 1.29 is 4.42 Å². The van der Waals surface area contributed by atoms with Crippen LogP contribution in [0.3, 0.4) is 0 Å². The van der Waals surface area contributed by atoms with Crippen LogP contribution in [0.25, 0.3) is 0 Å². The number of hydrogen-bond acceptors (Lipinski definition) is 3.